The standard InChI is InChI=1S/C27H32N2O7/c1-17-15-18(5-7-21(17)34-3)25(30)23-24(20-16-19(33-2)6-8-22(20)35-4)29(27(32)26(23)31)10-9-28-11-13-36-14-12-28/h5-8,15-16,23-24H,9-14H2,1-4H3/p+1. The number of methoxy groups -OCH3 is 3. The molecule has 0 spiro atoms. The SMILES string of the molecule is COc1ccc(OC)c(C2C(C(=O)c3ccc(OC)c(C)c3)C(=O)C(=O)N2CC[NH+]2CCOCC2)c1. The summed E-state index contributed by atoms with van der Waals surface area (Å²) in [4.78, 5) is 43.3. The zero-order chi connectivity index (χ0) is 25.8. The number of quaternary nitrogens is 1. The van der Waals surface area contributed by atoms with Gasteiger partial charge in [0.1, 0.15) is 36.3 Å². The molecule has 1 N–H and O–H groups in total. The maximum absolute atomic E-state index is 13.8. The second-order valence-electron chi connectivity index (χ2n) is 9.05. The van der Waals surface area contributed by atoms with Gasteiger partial charge in [0.25, 0.3) is 5.91 Å². The Kier molecular flexibility index (Phi) is 7.91. The highest BCUT2D eigenvalue weighted by molar-refractivity contribution is 6.44. The van der Waals surface area contributed by atoms with Crippen LogP contribution in [0.3, 0.4) is 0 Å². The Labute approximate surface area is 210 Å². The number of hydrogen-bond acceptors (Lipinski definition) is 7. The van der Waals surface area contributed by atoms with E-state index in [0.29, 0.717) is 54.7 Å². The molecular weight excluding hydrogens is 464 g/mol. The Morgan fingerprint density at radius 2 is 1.69 bits per heavy atom. The van der Waals surface area contributed by atoms with E-state index < -0.39 is 29.4 Å². The van der Waals surface area contributed by atoms with E-state index in [1.165, 1.54) is 16.9 Å². The van der Waals surface area contributed by atoms with E-state index in [9.17, 15) is 14.4 Å². The Hall–Kier alpha value is -3.43. The zero-order valence-electron chi connectivity index (χ0n) is 21.2. The van der Waals surface area contributed by atoms with E-state index in [0.717, 1.165) is 18.7 Å². The van der Waals surface area contributed by atoms with E-state index in [-0.39, 0.29) is 0 Å². The predicted octanol–water partition coefficient (Wildman–Crippen LogP) is 0.887. The number of amides is 1. The number of Topliss-reactive ketones (excluding diaryl/α,β-unsaturated/α-hetero) is 2. The van der Waals surface area contributed by atoms with Crippen LogP contribution in [-0.2, 0) is 14.3 Å². The number of likely N-dealkylation sites (tertiary alicyclic amines) is 1. The maximum Gasteiger partial charge on any atom is 0.291 e. The van der Waals surface area contributed by atoms with Crippen LogP contribution in [0.5, 0.6) is 17.2 Å². The third-order valence-electron chi connectivity index (χ3n) is 7.03. The smallest absolute Gasteiger partial charge is 0.291 e. The molecule has 2 aromatic rings. The van der Waals surface area contributed by atoms with Crippen LogP contribution in [0.2, 0.25) is 0 Å². The molecule has 0 aliphatic carbocycles. The summed E-state index contributed by atoms with van der Waals surface area (Å²) in [5.41, 5.74) is 1.69. The van der Waals surface area contributed by atoms with E-state index in [4.69, 9.17) is 18.9 Å². The van der Waals surface area contributed by atoms with Gasteiger partial charge in [0.15, 0.2) is 5.78 Å². The molecular formula is C27H33N2O7+. The Morgan fingerprint density at radius 3 is 2.33 bits per heavy atom. The Bertz CT molecular complexity index is 1140. The number of ether oxygens (including phenoxy) is 4. The number of benzene rings is 2. The summed E-state index contributed by atoms with van der Waals surface area (Å²) < 4.78 is 21.8. The van der Waals surface area contributed by atoms with Crippen LogP contribution < -0.4 is 19.1 Å². The van der Waals surface area contributed by atoms with Crippen molar-refractivity contribution in [1.29, 1.82) is 0 Å². The number of carbonyl (C=O) groups is 3. The monoisotopic (exact) mass is 497 g/mol. The van der Waals surface area contributed by atoms with Gasteiger partial charge in [-0.25, -0.2) is 0 Å². The largest absolute Gasteiger partial charge is 0.497 e. The van der Waals surface area contributed by atoms with Crippen molar-refractivity contribution in [1.82, 2.24) is 4.90 Å². The first-order chi connectivity index (χ1) is 17.4. The first-order valence-electron chi connectivity index (χ1n) is 12.1. The average Bonchev–Trinajstić information content (AvgIpc) is 3.16. The molecule has 0 aromatic heterocycles. The highest BCUT2D eigenvalue weighted by atomic mass is 16.5. The van der Waals surface area contributed by atoms with Crippen molar-refractivity contribution in [3.63, 3.8) is 0 Å². The van der Waals surface area contributed by atoms with Crippen LogP contribution in [0.25, 0.3) is 0 Å². The van der Waals surface area contributed by atoms with Gasteiger partial charge in [0, 0.05) is 11.1 Å². The number of nitrogens with zero attached hydrogens (tertiary/aromatic N) is 1. The topological polar surface area (TPSA) is 95.8 Å². The number of hydrogen-bond donors (Lipinski definition) is 1. The van der Waals surface area contributed by atoms with Crippen LogP contribution in [-0.4, -0.2) is 83.1 Å². The normalized spacial score (nSPS) is 20.5. The minimum Gasteiger partial charge on any atom is -0.497 e. The first-order valence-corrected chi connectivity index (χ1v) is 12.1. The molecule has 0 bridgehead atoms. The van der Waals surface area contributed by atoms with Gasteiger partial charge in [-0.15, -0.1) is 0 Å². The first kappa shape index (κ1) is 25.7. The molecule has 9 nitrogen and oxygen atoms in total. The van der Waals surface area contributed by atoms with Gasteiger partial charge in [0.05, 0.1) is 53.7 Å². The maximum atomic E-state index is 13.8. The molecule has 2 aliphatic heterocycles. The molecule has 2 atom stereocenters. The fraction of sp³-hybridized carbons (Fsp3) is 0.444. The second-order valence-corrected chi connectivity index (χ2v) is 9.05. The van der Waals surface area contributed by atoms with Gasteiger partial charge in [-0.2, -0.15) is 0 Å². The summed E-state index contributed by atoms with van der Waals surface area (Å²) >= 11 is 0. The van der Waals surface area contributed by atoms with Crippen LogP contribution >= 0.6 is 0 Å². The lowest BCUT2D eigenvalue weighted by Crippen LogP contribution is -3.14. The third kappa shape index (κ3) is 4.94. The number of rotatable bonds is 9. The van der Waals surface area contributed by atoms with E-state index in [2.05, 4.69) is 0 Å². The zero-order valence-corrected chi connectivity index (χ0v) is 21.2. The van der Waals surface area contributed by atoms with Gasteiger partial charge in [-0.1, -0.05) is 0 Å². The quantitative estimate of drug-likeness (QED) is 0.312. The average molecular weight is 498 g/mol. The number of carbonyl (C=O) groups excluding carboxylic acids is 3. The minimum absolute atomic E-state index is 0.330. The third-order valence-corrected chi connectivity index (χ3v) is 7.03. The molecule has 4 rings (SSSR count). The van der Waals surface area contributed by atoms with Gasteiger partial charge in [-0.3, -0.25) is 14.4 Å². The number of ketones is 2. The molecule has 0 radical (unpaired) electrons. The highest BCUT2D eigenvalue weighted by Gasteiger charge is 2.52. The molecule has 9 heteroatoms. The van der Waals surface area contributed by atoms with Gasteiger partial charge in [0.2, 0.25) is 5.78 Å². The molecule has 2 unspecified atom stereocenters. The van der Waals surface area contributed by atoms with Crippen molar-refractivity contribution >= 4 is 17.5 Å². The van der Waals surface area contributed by atoms with Crippen LogP contribution in [0.1, 0.15) is 27.5 Å². The van der Waals surface area contributed by atoms with E-state index in [1.807, 2.05) is 6.92 Å². The fourth-order valence-electron chi connectivity index (χ4n) is 5.05. The number of morpholine rings is 1. The summed E-state index contributed by atoms with van der Waals surface area (Å²) in [5.74, 6) is -1.30. The molecule has 2 aliphatic rings. The van der Waals surface area contributed by atoms with Crippen LogP contribution in [0.15, 0.2) is 36.4 Å². The van der Waals surface area contributed by atoms with Gasteiger partial charge >= 0.3 is 0 Å². The van der Waals surface area contributed by atoms with Crippen molar-refractivity contribution in [3.05, 3.63) is 53.1 Å². The van der Waals surface area contributed by atoms with Crippen molar-refractivity contribution in [3.8, 4) is 17.2 Å². The lowest BCUT2D eigenvalue weighted by molar-refractivity contribution is -0.907. The van der Waals surface area contributed by atoms with Crippen molar-refractivity contribution < 1.29 is 38.2 Å². The molecule has 2 saturated heterocycles. The Morgan fingerprint density at radius 1 is 1.00 bits per heavy atom. The van der Waals surface area contributed by atoms with Gasteiger partial charge in [-0.05, 0) is 48.9 Å². The van der Waals surface area contributed by atoms with Crippen LogP contribution in [0.4, 0.5) is 0 Å². The Balaban J connectivity index is 1.75. The molecule has 2 fully saturated rings. The molecule has 2 aromatic carbocycles. The minimum atomic E-state index is -1.20. The lowest BCUT2D eigenvalue weighted by atomic mass is 9.85. The predicted molar refractivity (Wildman–Crippen MR) is 131 cm³/mol. The van der Waals surface area contributed by atoms with Crippen molar-refractivity contribution in [2.75, 3.05) is 60.7 Å². The van der Waals surface area contributed by atoms with Crippen molar-refractivity contribution in [2.45, 2.75) is 13.0 Å². The summed E-state index contributed by atoms with van der Waals surface area (Å²) in [6, 6.07) is 9.42. The van der Waals surface area contributed by atoms with Crippen molar-refractivity contribution in [2.24, 2.45) is 5.92 Å². The summed E-state index contributed by atoms with van der Waals surface area (Å²) in [6.45, 7) is 5.79. The van der Waals surface area contributed by atoms with E-state index >= 15 is 0 Å². The van der Waals surface area contributed by atoms with Gasteiger partial charge < -0.3 is 28.7 Å². The molecule has 1 amide bonds. The second kappa shape index (κ2) is 11.1. The molecule has 36 heavy (non-hydrogen) atoms. The summed E-state index contributed by atoms with van der Waals surface area (Å²) in [5, 5.41) is 0. The highest BCUT2D eigenvalue weighted by Crippen LogP contribution is 2.43. The molecule has 2 heterocycles. The van der Waals surface area contributed by atoms with E-state index in [1.54, 1.807) is 50.6 Å². The lowest BCUT2D eigenvalue weighted by Gasteiger charge is -2.31. The van der Waals surface area contributed by atoms with Crippen LogP contribution in [0, 0.1) is 12.8 Å². The summed E-state index contributed by atoms with van der Waals surface area (Å²) in [7, 11) is 4.62. The number of aryl methyl sites for hydroxylation is 1. The fourth-order valence-corrected chi connectivity index (χ4v) is 5.05. The summed E-state index contributed by atoms with van der Waals surface area (Å²) in [6.07, 6.45) is 0. The number of nitrogens with one attached hydrogen (secondary N) is 1. The molecule has 0 saturated carbocycles. The molecule has 192 valence electrons.